The van der Waals surface area contributed by atoms with E-state index in [2.05, 4.69) is 10.1 Å². The lowest BCUT2D eigenvalue weighted by molar-refractivity contribution is -0.137. The standard InChI is InChI=1S/C19H21F3N4O2/c1-5-28-18(27)26(4)23-12-13-6-8-14(9-7-13)16-10-15(19(20,21)22)11-17(24-16)25(2)3/h6-12H,5H2,1-4H3. The van der Waals surface area contributed by atoms with Crippen molar-refractivity contribution in [3.05, 3.63) is 47.5 Å². The van der Waals surface area contributed by atoms with Crippen LogP contribution in [0.1, 0.15) is 18.1 Å². The maximum atomic E-state index is 13.2. The number of benzene rings is 1. The van der Waals surface area contributed by atoms with Crippen molar-refractivity contribution in [3.63, 3.8) is 0 Å². The van der Waals surface area contributed by atoms with Gasteiger partial charge in [-0.1, -0.05) is 24.3 Å². The van der Waals surface area contributed by atoms with Crippen molar-refractivity contribution in [2.75, 3.05) is 32.6 Å². The first-order chi connectivity index (χ1) is 13.1. The molecule has 1 aromatic carbocycles. The van der Waals surface area contributed by atoms with Gasteiger partial charge in [-0.15, -0.1) is 0 Å². The Bertz CT molecular complexity index is 849. The Balaban J connectivity index is 2.28. The predicted octanol–water partition coefficient (Wildman–Crippen LogP) is 4.26. The smallest absolute Gasteiger partial charge is 0.430 e. The molecular weight excluding hydrogens is 373 g/mol. The largest absolute Gasteiger partial charge is 0.448 e. The predicted molar refractivity (Wildman–Crippen MR) is 101 cm³/mol. The third kappa shape index (κ3) is 5.45. The summed E-state index contributed by atoms with van der Waals surface area (Å²) in [5.74, 6) is 0.214. The van der Waals surface area contributed by atoms with Gasteiger partial charge in [-0.3, -0.25) is 0 Å². The lowest BCUT2D eigenvalue weighted by Crippen LogP contribution is -2.22. The van der Waals surface area contributed by atoms with Gasteiger partial charge in [0.1, 0.15) is 5.82 Å². The van der Waals surface area contributed by atoms with Gasteiger partial charge in [-0.2, -0.15) is 18.3 Å². The van der Waals surface area contributed by atoms with Crippen LogP contribution < -0.4 is 4.90 Å². The number of amides is 1. The van der Waals surface area contributed by atoms with Gasteiger partial charge in [-0.05, 0) is 24.6 Å². The Morgan fingerprint density at radius 3 is 2.36 bits per heavy atom. The number of alkyl halides is 3. The molecule has 2 aromatic rings. The molecule has 0 fully saturated rings. The third-order valence-corrected chi connectivity index (χ3v) is 3.72. The number of aromatic nitrogens is 1. The zero-order chi connectivity index (χ0) is 20.9. The average molecular weight is 394 g/mol. The Labute approximate surface area is 161 Å². The molecule has 0 unspecified atom stereocenters. The van der Waals surface area contributed by atoms with E-state index in [1.54, 1.807) is 45.3 Å². The monoisotopic (exact) mass is 394 g/mol. The van der Waals surface area contributed by atoms with Crippen molar-refractivity contribution in [1.29, 1.82) is 0 Å². The Morgan fingerprint density at radius 1 is 1.18 bits per heavy atom. The number of hydrogen-bond acceptors (Lipinski definition) is 5. The zero-order valence-corrected chi connectivity index (χ0v) is 16.0. The first kappa shape index (κ1) is 21.2. The van der Waals surface area contributed by atoms with E-state index in [-0.39, 0.29) is 18.1 Å². The molecule has 0 aliphatic carbocycles. The van der Waals surface area contributed by atoms with Crippen LogP contribution in [-0.2, 0) is 10.9 Å². The lowest BCUT2D eigenvalue weighted by atomic mass is 10.1. The van der Waals surface area contributed by atoms with Crippen LogP contribution in [-0.4, -0.2) is 50.1 Å². The van der Waals surface area contributed by atoms with Crippen molar-refractivity contribution in [2.45, 2.75) is 13.1 Å². The minimum Gasteiger partial charge on any atom is -0.448 e. The molecule has 0 N–H and O–H groups in total. The number of carbonyl (C=O) groups excluding carboxylic acids is 1. The number of halogens is 3. The SMILES string of the molecule is CCOC(=O)N(C)N=Cc1ccc(-c2cc(C(F)(F)F)cc(N(C)C)n2)cc1. The van der Waals surface area contributed by atoms with Crippen LogP contribution in [0.5, 0.6) is 0 Å². The van der Waals surface area contributed by atoms with Crippen LogP contribution in [0.25, 0.3) is 11.3 Å². The Hall–Kier alpha value is -3.10. The van der Waals surface area contributed by atoms with Gasteiger partial charge >= 0.3 is 12.3 Å². The summed E-state index contributed by atoms with van der Waals surface area (Å²) in [4.78, 5) is 17.3. The zero-order valence-electron chi connectivity index (χ0n) is 16.0. The number of hydrazone groups is 1. The molecule has 6 nitrogen and oxygen atoms in total. The van der Waals surface area contributed by atoms with E-state index < -0.39 is 17.8 Å². The average Bonchev–Trinajstić information content (AvgIpc) is 2.65. The molecule has 1 amide bonds. The van der Waals surface area contributed by atoms with Crippen LogP contribution in [0.4, 0.5) is 23.8 Å². The minimum atomic E-state index is -4.47. The molecule has 150 valence electrons. The molecule has 28 heavy (non-hydrogen) atoms. The summed E-state index contributed by atoms with van der Waals surface area (Å²) in [6, 6.07) is 8.67. The van der Waals surface area contributed by atoms with Crippen LogP contribution in [0, 0.1) is 0 Å². The normalized spacial score (nSPS) is 11.5. The van der Waals surface area contributed by atoms with Crippen LogP contribution in [0.2, 0.25) is 0 Å². The van der Waals surface area contributed by atoms with Crippen molar-refractivity contribution in [3.8, 4) is 11.3 Å². The fourth-order valence-electron chi connectivity index (χ4n) is 2.21. The number of rotatable bonds is 5. The first-order valence-corrected chi connectivity index (χ1v) is 8.43. The van der Waals surface area contributed by atoms with Crippen LogP contribution in [0.15, 0.2) is 41.5 Å². The quantitative estimate of drug-likeness (QED) is 0.562. The summed E-state index contributed by atoms with van der Waals surface area (Å²) in [5, 5.41) is 5.01. The molecule has 0 radical (unpaired) electrons. The maximum absolute atomic E-state index is 13.2. The number of nitrogens with zero attached hydrogens (tertiary/aromatic N) is 4. The minimum absolute atomic E-state index is 0.214. The summed E-state index contributed by atoms with van der Waals surface area (Å²) in [6.45, 7) is 1.93. The molecule has 2 rings (SSSR count). The highest BCUT2D eigenvalue weighted by Crippen LogP contribution is 2.33. The summed E-state index contributed by atoms with van der Waals surface area (Å²) in [5.41, 5.74) is 0.651. The van der Waals surface area contributed by atoms with Gasteiger partial charge in [-0.25, -0.2) is 14.8 Å². The first-order valence-electron chi connectivity index (χ1n) is 8.43. The summed E-state index contributed by atoms with van der Waals surface area (Å²) in [6.07, 6.45) is -3.60. The number of hydrogen-bond donors (Lipinski definition) is 0. The van der Waals surface area contributed by atoms with Crippen LogP contribution >= 0.6 is 0 Å². The Morgan fingerprint density at radius 2 is 1.82 bits per heavy atom. The van der Waals surface area contributed by atoms with Crippen molar-refractivity contribution in [2.24, 2.45) is 5.10 Å². The highest BCUT2D eigenvalue weighted by molar-refractivity contribution is 5.82. The molecule has 1 aromatic heterocycles. The van der Waals surface area contributed by atoms with Gasteiger partial charge in [0.15, 0.2) is 0 Å². The fraction of sp³-hybridized carbons (Fsp3) is 0.316. The number of ether oxygens (including phenoxy) is 1. The lowest BCUT2D eigenvalue weighted by Gasteiger charge is -2.16. The Kier molecular flexibility index (Phi) is 6.61. The third-order valence-electron chi connectivity index (χ3n) is 3.72. The second-order valence-corrected chi connectivity index (χ2v) is 6.08. The number of anilines is 1. The molecule has 0 saturated heterocycles. The molecule has 9 heteroatoms. The van der Waals surface area contributed by atoms with E-state index in [1.165, 1.54) is 18.2 Å². The van der Waals surface area contributed by atoms with E-state index in [0.717, 1.165) is 17.1 Å². The summed E-state index contributed by atoms with van der Waals surface area (Å²) >= 11 is 0. The van der Waals surface area contributed by atoms with E-state index in [4.69, 9.17) is 4.74 Å². The molecule has 0 aliphatic rings. The van der Waals surface area contributed by atoms with E-state index >= 15 is 0 Å². The topological polar surface area (TPSA) is 58.0 Å². The second-order valence-electron chi connectivity index (χ2n) is 6.08. The van der Waals surface area contributed by atoms with Crippen molar-refractivity contribution >= 4 is 18.1 Å². The molecular formula is C19H21F3N4O2. The van der Waals surface area contributed by atoms with Gasteiger partial charge in [0.05, 0.1) is 24.1 Å². The number of carbonyl (C=O) groups is 1. The van der Waals surface area contributed by atoms with Gasteiger partial charge in [0.25, 0.3) is 0 Å². The summed E-state index contributed by atoms with van der Waals surface area (Å²) in [7, 11) is 4.72. The van der Waals surface area contributed by atoms with E-state index in [9.17, 15) is 18.0 Å². The fourth-order valence-corrected chi connectivity index (χ4v) is 2.21. The molecule has 0 aliphatic heterocycles. The molecule has 1 heterocycles. The highest BCUT2D eigenvalue weighted by Gasteiger charge is 2.32. The molecule has 0 atom stereocenters. The van der Waals surface area contributed by atoms with E-state index in [1.807, 2.05) is 0 Å². The van der Waals surface area contributed by atoms with Gasteiger partial charge < -0.3 is 9.64 Å². The van der Waals surface area contributed by atoms with Gasteiger partial charge in [0.2, 0.25) is 0 Å². The molecule has 0 saturated carbocycles. The van der Waals surface area contributed by atoms with E-state index in [0.29, 0.717) is 11.1 Å². The second kappa shape index (κ2) is 8.73. The van der Waals surface area contributed by atoms with Crippen molar-refractivity contribution < 1.29 is 22.7 Å². The summed E-state index contributed by atoms with van der Waals surface area (Å²) < 4.78 is 44.4. The number of pyridine rings is 1. The van der Waals surface area contributed by atoms with Crippen molar-refractivity contribution in [1.82, 2.24) is 9.99 Å². The van der Waals surface area contributed by atoms with Gasteiger partial charge in [0, 0.05) is 26.7 Å². The van der Waals surface area contributed by atoms with Crippen LogP contribution in [0.3, 0.4) is 0 Å². The maximum Gasteiger partial charge on any atom is 0.430 e. The molecule has 0 bridgehead atoms. The highest BCUT2D eigenvalue weighted by atomic mass is 19.4. The molecule has 0 spiro atoms.